The van der Waals surface area contributed by atoms with Crippen LogP contribution in [-0.2, 0) is 0 Å². The topological polar surface area (TPSA) is 91.8 Å². The fraction of sp³-hybridized carbons (Fsp3) is 0.250. The molecular weight excluding hydrogens is 468 g/mol. The molecule has 2 heterocycles. The van der Waals surface area contributed by atoms with E-state index in [1.807, 2.05) is 54.6 Å². The number of carbonyl (C=O) groups excluding carboxylic acids is 1. The number of carbonyl (C=O) groups is 1. The zero-order valence-corrected chi connectivity index (χ0v) is 21.2. The lowest BCUT2D eigenvalue weighted by atomic mass is 10.1. The number of aromatic nitrogens is 2. The molecule has 0 unspecified atom stereocenters. The van der Waals surface area contributed by atoms with Crippen LogP contribution >= 0.6 is 0 Å². The van der Waals surface area contributed by atoms with Gasteiger partial charge < -0.3 is 29.9 Å². The standard InChI is InChI=1S/C28H30N6O3/c1-33-11-13-34(14-12-33)21-9-7-19(8-10-21)28(35)32-25-6-4-5-24-26(25)29-18-30-27(24)31-20-15-22(36-2)17-23(16-20)37-3/h4-10,15-18H,11-14H2,1-3H3,(H,32,35)(H,29,30,31). The third-order valence-electron chi connectivity index (χ3n) is 6.53. The number of benzene rings is 3. The Kier molecular flexibility index (Phi) is 7.04. The van der Waals surface area contributed by atoms with Crippen LogP contribution in [0.2, 0.25) is 0 Å². The first kappa shape index (κ1) is 24.3. The van der Waals surface area contributed by atoms with Crippen molar-refractivity contribution in [3.8, 4) is 11.5 Å². The van der Waals surface area contributed by atoms with Crippen LogP contribution in [-0.4, -0.2) is 68.2 Å². The lowest BCUT2D eigenvalue weighted by molar-refractivity contribution is 0.102. The molecule has 5 rings (SSSR count). The number of nitrogens with zero attached hydrogens (tertiary/aromatic N) is 4. The van der Waals surface area contributed by atoms with Crippen molar-refractivity contribution < 1.29 is 14.3 Å². The molecule has 9 heteroatoms. The van der Waals surface area contributed by atoms with Gasteiger partial charge in [-0.3, -0.25) is 4.79 Å². The average molecular weight is 499 g/mol. The highest BCUT2D eigenvalue weighted by atomic mass is 16.5. The van der Waals surface area contributed by atoms with Crippen molar-refractivity contribution in [1.29, 1.82) is 0 Å². The van der Waals surface area contributed by atoms with Gasteiger partial charge in [0.1, 0.15) is 23.6 Å². The Morgan fingerprint density at radius 1 is 0.892 bits per heavy atom. The SMILES string of the molecule is COc1cc(Nc2ncnc3c(NC(=O)c4ccc(N5CCN(C)CC5)cc4)cccc23)cc(OC)c1. The number of piperazine rings is 1. The number of anilines is 4. The van der Waals surface area contributed by atoms with E-state index in [1.165, 1.54) is 6.33 Å². The van der Waals surface area contributed by atoms with E-state index in [0.717, 1.165) is 42.9 Å². The second-order valence-corrected chi connectivity index (χ2v) is 8.94. The van der Waals surface area contributed by atoms with Crippen LogP contribution in [0.25, 0.3) is 10.9 Å². The molecule has 1 fully saturated rings. The van der Waals surface area contributed by atoms with Crippen molar-refractivity contribution in [1.82, 2.24) is 14.9 Å². The van der Waals surface area contributed by atoms with Crippen molar-refractivity contribution in [2.24, 2.45) is 0 Å². The van der Waals surface area contributed by atoms with Crippen molar-refractivity contribution in [3.05, 3.63) is 72.6 Å². The van der Waals surface area contributed by atoms with Crippen LogP contribution in [0.5, 0.6) is 11.5 Å². The summed E-state index contributed by atoms with van der Waals surface area (Å²) >= 11 is 0. The van der Waals surface area contributed by atoms with E-state index >= 15 is 0 Å². The van der Waals surface area contributed by atoms with Gasteiger partial charge in [0.05, 0.1) is 25.4 Å². The molecule has 37 heavy (non-hydrogen) atoms. The van der Waals surface area contributed by atoms with Gasteiger partial charge in [0.15, 0.2) is 0 Å². The highest BCUT2D eigenvalue weighted by Crippen LogP contribution is 2.31. The molecule has 0 aliphatic carbocycles. The van der Waals surface area contributed by atoms with Crippen LogP contribution in [0.3, 0.4) is 0 Å². The number of fused-ring (bicyclic) bond motifs is 1. The minimum absolute atomic E-state index is 0.192. The van der Waals surface area contributed by atoms with Crippen molar-refractivity contribution in [2.75, 3.05) is 63.0 Å². The third-order valence-corrected chi connectivity index (χ3v) is 6.53. The summed E-state index contributed by atoms with van der Waals surface area (Å²) < 4.78 is 10.7. The lowest BCUT2D eigenvalue weighted by Gasteiger charge is -2.34. The summed E-state index contributed by atoms with van der Waals surface area (Å²) in [6.07, 6.45) is 1.47. The third kappa shape index (κ3) is 5.41. The number of ether oxygens (including phenoxy) is 2. The Balaban J connectivity index is 1.36. The summed E-state index contributed by atoms with van der Waals surface area (Å²) in [4.78, 5) is 26.6. The highest BCUT2D eigenvalue weighted by Gasteiger charge is 2.16. The average Bonchev–Trinajstić information content (AvgIpc) is 2.94. The van der Waals surface area contributed by atoms with Gasteiger partial charge in [0.25, 0.3) is 5.91 Å². The van der Waals surface area contributed by atoms with Gasteiger partial charge in [0.2, 0.25) is 0 Å². The number of rotatable bonds is 7. The molecule has 9 nitrogen and oxygen atoms in total. The van der Waals surface area contributed by atoms with E-state index in [2.05, 4.69) is 37.4 Å². The lowest BCUT2D eigenvalue weighted by Crippen LogP contribution is -2.44. The number of methoxy groups -OCH3 is 2. The maximum Gasteiger partial charge on any atom is 0.255 e. The Hall–Kier alpha value is -4.37. The monoisotopic (exact) mass is 498 g/mol. The zero-order valence-electron chi connectivity index (χ0n) is 21.2. The van der Waals surface area contributed by atoms with Crippen molar-refractivity contribution in [3.63, 3.8) is 0 Å². The van der Waals surface area contributed by atoms with Gasteiger partial charge in [-0.1, -0.05) is 6.07 Å². The Bertz CT molecular complexity index is 1380. The fourth-order valence-corrected chi connectivity index (χ4v) is 4.39. The van der Waals surface area contributed by atoms with Crippen LogP contribution in [0.15, 0.2) is 67.0 Å². The second kappa shape index (κ2) is 10.7. The molecule has 190 valence electrons. The van der Waals surface area contributed by atoms with Crippen LogP contribution < -0.4 is 25.0 Å². The molecule has 0 atom stereocenters. The molecule has 4 aromatic rings. The molecule has 2 N–H and O–H groups in total. The molecule has 1 aromatic heterocycles. The van der Waals surface area contributed by atoms with Crippen LogP contribution in [0.4, 0.5) is 22.9 Å². The first-order valence-corrected chi connectivity index (χ1v) is 12.1. The number of nitrogens with one attached hydrogen (secondary N) is 2. The van der Waals surface area contributed by atoms with Crippen LogP contribution in [0, 0.1) is 0 Å². The summed E-state index contributed by atoms with van der Waals surface area (Å²) in [5, 5.41) is 7.10. The molecule has 1 saturated heterocycles. The Morgan fingerprint density at radius 2 is 1.59 bits per heavy atom. The molecular formula is C28H30N6O3. The molecule has 0 radical (unpaired) electrons. The number of amides is 1. The van der Waals surface area contributed by atoms with Crippen molar-refractivity contribution >= 4 is 39.7 Å². The second-order valence-electron chi connectivity index (χ2n) is 8.94. The largest absolute Gasteiger partial charge is 0.497 e. The van der Waals surface area contributed by atoms with Crippen LogP contribution in [0.1, 0.15) is 10.4 Å². The number of para-hydroxylation sites is 1. The predicted molar refractivity (Wildman–Crippen MR) is 146 cm³/mol. The first-order chi connectivity index (χ1) is 18.0. The molecule has 0 bridgehead atoms. The molecule has 1 aliphatic heterocycles. The van der Waals surface area contributed by atoms with E-state index < -0.39 is 0 Å². The van der Waals surface area contributed by atoms with E-state index in [9.17, 15) is 4.79 Å². The van der Waals surface area contributed by atoms with E-state index in [4.69, 9.17) is 9.47 Å². The quantitative estimate of drug-likeness (QED) is 0.388. The molecule has 1 aliphatic rings. The molecule has 0 saturated carbocycles. The van der Waals surface area contributed by atoms with E-state index in [1.54, 1.807) is 20.3 Å². The van der Waals surface area contributed by atoms with Gasteiger partial charge in [-0.05, 0) is 43.4 Å². The summed E-state index contributed by atoms with van der Waals surface area (Å²) in [6, 6.07) is 18.9. The van der Waals surface area contributed by atoms with Crippen molar-refractivity contribution in [2.45, 2.75) is 0 Å². The van der Waals surface area contributed by atoms with Gasteiger partial charge in [-0.2, -0.15) is 0 Å². The minimum Gasteiger partial charge on any atom is -0.497 e. The normalized spacial score (nSPS) is 13.9. The first-order valence-electron chi connectivity index (χ1n) is 12.1. The maximum absolute atomic E-state index is 13.1. The molecule has 3 aromatic carbocycles. The molecule has 1 amide bonds. The fourth-order valence-electron chi connectivity index (χ4n) is 4.39. The minimum atomic E-state index is -0.192. The van der Waals surface area contributed by atoms with Gasteiger partial charge in [0, 0.05) is 66.7 Å². The van der Waals surface area contributed by atoms with E-state index in [-0.39, 0.29) is 5.91 Å². The van der Waals surface area contributed by atoms with E-state index in [0.29, 0.717) is 34.1 Å². The smallest absolute Gasteiger partial charge is 0.255 e. The maximum atomic E-state index is 13.1. The Morgan fingerprint density at radius 3 is 2.27 bits per heavy atom. The van der Waals surface area contributed by atoms with Gasteiger partial charge in [-0.15, -0.1) is 0 Å². The summed E-state index contributed by atoms with van der Waals surface area (Å²) in [6.45, 7) is 4.04. The zero-order chi connectivity index (χ0) is 25.8. The summed E-state index contributed by atoms with van der Waals surface area (Å²) in [5.41, 5.74) is 3.72. The highest BCUT2D eigenvalue weighted by molar-refractivity contribution is 6.09. The number of hydrogen-bond acceptors (Lipinski definition) is 8. The summed E-state index contributed by atoms with van der Waals surface area (Å²) in [7, 11) is 5.35. The Labute approximate surface area is 216 Å². The number of hydrogen-bond donors (Lipinski definition) is 2. The van der Waals surface area contributed by atoms with Gasteiger partial charge in [-0.25, -0.2) is 9.97 Å². The van der Waals surface area contributed by atoms with Gasteiger partial charge >= 0.3 is 0 Å². The summed E-state index contributed by atoms with van der Waals surface area (Å²) in [5.74, 6) is 1.73. The number of likely N-dealkylation sites (N-methyl/N-ethyl adjacent to an activating group) is 1. The molecule has 0 spiro atoms. The predicted octanol–water partition coefficient (Wildman–Crippen LogP) is 4.39.